The Balaban J connectivity index is 2.19. The van der Waals surface area contributed by atoms with Crippen LogP contribution in [0.3, 0.4) is 0 Å². The first-order valence-electron chi connectivity index (χ1n) is 6.77. The summed E-state index contributed by atoms with van der Waals surface area (Å²) in [4.78, 5) is 12.3. The predicted molar refractivity (Wildman–Crippen MR) is 66.4 cm³/mol. The second-order valence-electron chi connectivity index (χ2n) is 6.71. The Bertz CT molecular complexity index is 413. The van der Waals surface area contributed by atoms with E-state index in [2.05, 4.69) is 13.5 Å². The van der Waals surface area contributed by atoms with E-state index in [9.17, 15) is 9.90 Å². The van der Waals surface area contributed by atoms with Crippen LogP contribution in [-0.2, 0) is 4.79 Å². The minimum atomic E-state index is -0.771. The average Bonchev–Trinajstić information content (AvgIpc) is 2.74. The maximum absolute atomic E-state index is 12.3. The normalized spacial score (nSPS) is 57.4. The minimum absolute atomic E-state index is 0.0204. The van der Waals surface area contributed by atoms with Gasteiger partial charge in [0.25, 0.3) is 0 Å². The molecule has 94 valence electrons. The van der Waals surface area contributed by atoms with E-state index in [0.717, 1.165) is 12.8 Å². The standard InChI is InChI=1S/C15H22O2/c1-8-11-5-6-15(8)10(3)13(17)12(16)9(2)14(15,4)7-11/h9-12,16H,1,5-7H2,2-4H3/t9-,10-,11-,12+,14+,15-/m1/s1. The number of aliphatic hydroxyl groups excluding tert-OH is 1. The van der Waals surface area contributed by atoms with Crippen LogP contribution in [0.5, 0.6) is 0 Å². The van der Waals surface area contributed by atoms with Crippen LogP contribution in [0.15, 0.2) is 12.2 Å². The number of fused-ring (bicyclic) bond motifs is 1. The van der Waals surface area contributed by atoms with Gasteiger partial charge in [0.05, 0.1) is 0 Å². The summed E-state index contributed by atoms with van der Waals surface area (Å²) in [7, 11) is 0. The number of aliphatic hydroxyl groups is 1. The molecule has 0 aromatic heterocycles. The molecule has 2 heteroatoms. The van der Waals surface area contributed by atoms with Crippen molar-refractivity contribution in [3.8, 4) is 0 Å². The molecule has 3 aliphatic carbocycles. The largest absolute Gasteiger partial charge is 0.385 e. The van der Waals surface area contributed by atoms with Crippen molar-refractivity contribution in [1.82, 2.24) is 0 Å². The maximum Gasteiger partial charge on any atom is 0.165 e. The molecule has 17 heavy (non-hydrogen) atoms. The van der Waals surface area contributed by atoms with Gasteiger partial charge >= 0.3 is 0 Å². The molecule has 1 spiro atoms. The van der Waals surface area contributed by atoms with Crippen molar-refractivity contribution in [3.05, 3.63) is 12.2 Å². The van der Waals surface area contributed by atoms with Crippen molar-refractivity contribution in [1.29, 1.82) is 0 Å². The molecule has 0 saturated heterocycles. The van der Waals surface area contributed by atoms with Crippen LogP contribution in [0.2, 0.25) is 0 Å². The van der Waals surface area contributed by atoms with E-state index in [1.807, 2.05) is 13.8 Å². The number of carbonyl (C=O) groups is 1. The first kappa shape index (κ1) is 11.5. The molecule has 0 radical (unpaired) electrons. The highest BCUT2D eigenvalue weighted by molar-refractivity contribution is 5.88. The lowest BCUT2D eigenvalue weighted by molar-refractivity contribution is -0.162. The second-order valence-corrected chi connectivity index (χ2v) is 6.71. The molecule has 0 aromatic rings. The SMILES string of the molecule is C=C1[C@@H]2CC[C@]13[C@H](C)C(=O)[C@@H](O)[C@@H](C)[C@]3(C)C2. The van der Waals surface area contributed by atoms with Crippen molar-refractivity contribution in [2.24, 2.45) is 28.6 Å². The molecular weight excluding hydrogens is 212 g/mol. The number of hydrogen-bond acceptors (Lipinski definition) is 2. The molecule has 0 aliphatic heterocycles. The third-order valence-electron chi connectivity index (χ3n) is 6.58. The molecule has 2 bridgehead atoms. The fourth-order valence-electron chi connectivity index (χ4n) is 5.35. The van der Waals surface area contributed by atoms with Gasteiger partial charge in [-0.3, -0.25) is 4.79 Å². The van der Waals surface area contributed by atoms with Gasteiger partial charge in [0.15, 0.2) is 5.78 Å². The van der Waals surface area contributed by atoms with Crippen LogP contribution < -0.4 is 0 Å². The number of Topliss-reactive ketones (excluding diaryl/α,β-unsaturated/α-hetero) is 1. The molecule has 2 nitrogen and oxygen atoms in total. The van der Waals surface area contributed by atoms with Crippen LogP contribution in [0.25, 0.3) is 0 Å². The van der Waals surface area contributed by atoms with Crippen LogP contribution >= 0.6 is 0 Å². The van der Waals surface area contributed by atoms with Gasteiger partial charge < -0.3 is 5.11 Å². The molecule has 0 aromatic carbocycles. The Labute approximate surface area is 103 Å². The Morgan fingerprint density at radius 2 is 2.06 bits per heavy atom. The summed E-state index contributed by atoms with van der Waals surface area (Å²) in [6, 6.07) is 0. The Kier molecular flexibility index (Phi) is 2.04. The number of carbonyl (C=O) groups excluding carboxylic acids is 1. The topological polar surface area (TPSA) is 37.3 Å². The van der Waals surface area contributed by atoms with Gasteiger partial charge in [-0.15, -0.1) is 0 Å². The third-order valence-corrected chi connectivity index (χ3v) is 6.58. The van der Waals surface area contributed by atoms with Gasteiger partial charge in [-0.1, -0.05) is 32.9 Å². The van der Waals surface area contributed by atoms with Crippen molar-refractivity contribution in [2.45, 2.75) is 46.1 Å². The molecule has 6 atom stereocenters. The average molecular weight is 234 g/mol. The summed E-state index contributed by atoms with van der Waals surface area (Å²) in [5, 5.41) is 10.2. The molecule has 3 aliphatic rings. The molecule has 0 heterocycles. The van der Waals surface area contributed by atoms with Crippen molar-refractivity contribution < 1.29 is 9.90 Å². The monoisotopic (exact) mass is 234 g/mol. The lowest BCUT2D eigenvalue weighted by Crippen LogP contribution is -2.58. The van der Waals surface area contributed by atoms with Crippen molar-refractivity contribution in [3.63, 3.8) is 0 Å². The molecule has 1 N–H and O–H groups in total. The van der Waals surface area contributed by atoms with Gasteiger partial charge in [-0.25, -0.2) is 0 Å². The zero-order valence-electron chi connectivity index (χ0n) is 11.0. The zero-order chi connectivity index (χ0) is 12.6. The number of allylic oxidation sites excluding steroid dienone is 1. The predicted octanol–water partition coefficient (Wildman–Crippen LogP) is 2.56. The summed E-state index contributed by atoms with van der Waals surface area (Å²) in [5.41, 5.74) is 1.35. The summed E-state index contributed by atoms with van der Waals surface area (Å²) in [5.74, 6) is 0.633. The van der Waals surface area contributed by atoms with E-state index < -0.39 is 6.10 Å². The van der Waals surface area contributed by atoms with Gasteiger partial charge in [-0.2, -0.15) is 0 Å². The fourth-order valence-corrected chi connectivity index (χ4v) is 5.35. The smallest absolute Gasteiger partial charge is 0.165 e. The van der Waals surface area contributed by atoms with E-state index in [0.29, 0.717) is 5.92 Å². The molecule has 0 amide bonds. The summed E-state index contributed by atoms with van der Waals surface area (Å²) in [6.45, 7) is 10.6. The van der Waals surface area contributed by atoms with E-state index in [4.69, 9.17) is 0 Å². The number of ketones is 1. The first-order chi connectivity index (χ1) is 7.86. The van der Waals surface area contributed by atoms with Crippen LogP contribution in [0, 0.1) is 28.6 Å². The van der Waals surface area contributed by atoms with Gasteiger partial charge in [0, 0.05) is 11.3 Å². The van der Waals surface area contributed by atoms with Gasteiger partial charge in [0.2, 0.25) is 0 Å². The van der Waals surface area contributed by atoms with E-state index in [-0.39, 0.29) is 28.4 Å². The third kappa shape index (κ3) is 0.965. The van der Waals surface area contributed by atoms with Gasteiger partial charge in [0.1, 0.15) is 6.10 Å². The maximum atomic E-state index is 12.3. The van der Waals surface area contributed by atoms with Crippen LogP contribution in [-0.4, -0.2) is 17.0 Å². The summed E-state index contributed by atoms with van der Waals surface area (Å²) in [6.07, 6.45) is 2.63. The summed E-state index contributed by atoms with van der Waals surface area (Å²) < 4.78 is 0. The molecule has 3 rings (SSSR count). The molecule has 3 fully saturated rings. The molecule has 3 saturated carbocycles. The minimum Gasteiger partial charge on any atom is -0.385 e. The highest BCUT2D eigenvalue weighted by Gasteiger charge is 2.70. The highest BCUT2D eigenvalue weighted by Crippen LogP contribution is 2.74. The number of rotatable bonds is 0. The lowest BCUT2D eigenvalue weighted by Gasteiger charge is -2.56. The van der Waals surface area contributed by atoms with Crippen molar-refractivity contribution in [2.75, 3.05) is 0 Å². The molecular formula is C15H22O2. The zero-order valence-corrected chi connectivity index (χ0v) is 11.0. The molecule has 0 unspecified atom stereocenters. The Morgan fingerprint density at radius 3 is 2.65 bits per heavy atom. The second kappa shape index (κ2) is 3.03. The van der Waals surface area contributed by atoms with E-state index in [1.165, 1.54) is 12.0 Å². The van der Waals surface area contributed by atoms with E-state index >= 15 is 0 Å². The van der Waals surface area contributed by atoms with Crippen LogP contribution in [0.4, 0.5) is 0 Å². The van der Waals surface area contributed by atoms with Crippen molar-refractivity contribution >= 4 is 5.78 Å². The van der Waals surface area contributed by atoms with Gasteiger partial charge in [-0.05, 0) is 36.5 Å². The van der Waals surface area contributed by atoms with E-state index in [1.54, 1.807) is 0 Å². The number of hydrogen-bond donors (Lipinski definition) is 1. The fraction of sp³-hybridized carbons (Fsp3) is 0.800. The first-order valence-corrected chi connectivity index (χ1v) is 6.77. The Hall–Kier alpha value is -0.630. The highest BCUT2D eigenvalue weighted by atomic mass is 16.3. The quantitative estimate of drug-likeness (QED) is 0.654. The van der Waals surface area contributed by atoms with Crippen LogP contribution in [0.1, 0.15) is 40.0 Å². The summed E-state index contributed by atoms with van der Waals surface area (Å²) >= 11 is 0. The lowest BCUT2D eigenvalue weighted by atomic mass is 9.47. The Morgan fingerprint density at radius 1 is 1.41 bits per heavy atom.